The third-order valence-electron chi connectivity index (χ3n) is 5.66. The summed E-state index contributed by atoms with van der Waals surface area (Å²) in [6.07, 6.45) is 4.26. The molecular formula is C19H26Cl2N2O4S. The summed E-state index contributed by atoms with van der Waals surface area (Å²) < 4.78 is 27.1. The van der Waals surface area contributed by atoms with Gasteiger partial charge in [0.1, 0.15) is 4.90 Å². The van der Waals surface area contributed by atoms with Crippen LogP contribution in [0.4, 0.5) is 0 Å². The Morgan fingerprint density at radius 3 is 2.57 bits per heavy atom. The second-order valence-electron chi connectivity index (χ2n) is 7.68. The van der Waals surface area contributed by atoms with Crippen molar-refractivity contribution in [1.29, 1.82) is 0 Å². The lowest BCUT2D eigenvalue weighted by Crippen LogP contribution is -2.44. The van der Waals surface area contributed by atoms with E-state index in [1.54, 1.807) is 6.07 Å². The van der Waals surface area contributed by atoms with Crippen LogP contribution in [-0.2, 0) is 14.8 Å². The van der Waals surface area contributed by atoms with E-state index in [2.05, 4.69) is 5.32 Å². The van der Waals surface area contributed by atoms with Crippen LogP contribution in [0.5, 0.6) is 0 Å². The first-order chi connectivity index (χ1) is 13.3. The molecule has 3 rings (SSSR count). The Kier molecular flexibility index (Phi) is 7.26. The summed E-state index contributed by atoms with van der Waals surface area (Å²) in [5, 5.41) is 13.2. The number of hydrogen-bond donors (Lipinski definition) is 2. The summed E-state index contributed by atoms with van der Waals surface area (Å²) in [6.45, 7) is 1.11. The zero-order chi connectivity index (χ0) is 20.3. The maximum Gasteiger partial charge on any atom is 0.244 e. The highest BCUT2D eigenvalue weighted by molar-refractivity contribution is 7.89. The Morgan fingerprint density at radius 1 is 1.18 bits per heavy atom. The summed E-state index contributed by atoms with van der Waals surface area (Å²) in [4.78, 5) is 12.5. The fraction of sp³-hybridized carbons (Fsp3) is 0.632. The molecule has 2 N–H and O–H groups in total. The van der Waals surface area contributed by atoms with Crippen molar-refractivity contribution in [2.45, 2.75) is 49.5 Å². The van der Waals surface area contributed by atoms with Crippen LogP contribution in [0.15, 0.2) is 23.1 Å². The van der Waals surface area contributed by atoms with E-state index in [1.807, 2.05) is 0 Å². The second-order valence-corrected chi connectivity index (χ2v) is 10.4. The van der Waals surface area contributed by atoms with E-state index in [4.69, 9.17) is 23.2 Å². The van der Waals surface area contributed by atoms with Crippen molar-refractivity contribution in [3.8, 4) is 0 Å². The number of aliphatic hydroxyl groups excluding tert-OH is 1. The predicted octanol–water partition coefficient (Wildman–Crippen LogP) is 3.06. The van der Waals surface area contributed by atoms with E-state index < -0.39 is 10.0 Å². The molecule has 2 aliphatic rings. The number of sulfonamides is 1. The van der Waals surface area contributed by atoms with Crippen molar-refractivity contribution in [1.82, 2.24) is 9.62 Å². The number of carbonyl (C=O) groups excluding carboxylic acids is 1. The maximum atomic E-state index is 12.9. The molecule has 1 amide bonds. The number of carbonyl (C=O) groups is 1. The quantitative estimate of drug-likeness (QED) is 0.724. The predicted molar refractivity (Wildman–Crippen MR) is 109 cm³/mol. The number of piperidine rings is 1. The van der Waals surface area contributed by atoms with Crippen LogP contribution in [0.25, 0.3) is 0 Å². The van der Waals surface area contributed by atoms with Crippen molar-refractivity contribution in [3.05, 3.63) is 28.2 Å². The van der Waals surface area contributed by atoms with Gasteiger partial charge < -0.3 is 10.4 Å². The zero-order valence-electron chi connectivity index (χ0n) is 15.6. The Balaban J connectivity index is 1.53. The van der Waals surface area contributed by atoms with E-state index in [9.17, 15) is 18.3 Å². The van der Waals surface area contributed by atoms with Crippen molar-refractivity contribution in [2.24, 2.45) is 11.8 Å². The maximum absolute atomic E-state index is 12.9. The molecule has 9 heteroatoms. The smallest absolute Gasteiger partial charge is 0.244 e. The van der Waals surface area contributed by atoms with Gasteiger partial charge in [-0.3, -0.25) is 4.79 Å². The molecule has 28 heavy (non-hydrogen) atoms. The van der Waals surface area contributed by atoms with E-state index in [0.29, 0.717) is 30.3 Å². The van der Waals surface area contributed by atoms with E-state index in [0.717, 1.165) is 25.7 Å². The van der Waals surface area contributed by atoms with Gasteiger partial charge in [0.05, 0.1) is 11.1 Å². The molecular weight excluding hydrogens is 423 g/mol. The molecule has 0 spiro atoms. The Bertz CT molecular complexity index is 810. The van der Waals surface area contributed by atoms with Crippen LogP contribution < -0.4 is 5.32 Å². The molecule has 1 aliphatic heterocycles. The lowest BCUT2D eigenvalue weighted by molar-refractivity contribution is -0.126. The van der Waals surface area contributed by atoms with Gasteiger partial charge >= 0.3 is 0 Å². The molecule has 0 bridgehead atoms. The molecule has 1 saturated carbocycles. The number of halogens is 2. The lowest BCUT2D eigenvalue weighted by atomic mass is 9.87. The number of benzene rings is 1. The lowest BCUT2D eigenvalue weighted by Gasteiger charge is -2.31. The van der Waals surface area contributed by atoms with Crippen LogP contribution in [0, 0.1) is 11.8 Å². The van der Waals surface area contributed by atoms with Gasteiger partial charge in [-0.2, -0.15) is 4.31 Å². The van der Waals surface area contributed by atoms with E-state index in [-0.39, 0.29) is 40.9 Å². The van der Waals surface area contributed by atoms with Crippen molar-refractivity contribution >= 4 is 39.1 Å². The molecule has 1 saturated heterocycles. The number of rotatable bonds is 5. The van der Waals surface area contributed by atoms with Crippen molar-refractivity contribution in [2.75, 3.05) is 19.6 Å². The summed E-state index contributed by atoms with van der Waals surface area (Å²) >= 11 is 12.0. The highest BCUT2D eigenvalue weighted by Gasteiger charge is 2.33. The molecule has 1 heterocycles. The molecule has 1 aliphatic carbocycles. The van der Waals surface area contributed by atoms with Crippen LogP contribution in [0.1, 0.15) is 38.5 Å². The van der Waals surface area contributed by atoms with Gasteiger partial charge in [-0.25, -0.2) is 8.42 Å². The van der Waals surface area contributed by atoms with Gasteiger partial charge in [0.15, 0.2) is 0 Å². The van der Waals surface area contributed by atoms with Crippen molar-refractivity contribution < 1.29 is 18.3 Å². The average Bonchev–Trinajstić information content (AvgIpc) is 2.68. The number of hydrogen-bond acceptors (Lipinski definition) is 4. The molecule has 0 unspecified atom stereocenters. The monoisotopic (exact) mass is 448 g/mol. The van der Waals surface area contributed by atoms with E-state index >= 15 is 0 Å². The normalized spacial score (nSPS) is 24.8. The molecule has 2 fully saturated rings. The topological polar surface area (TPSA) is 86.7 Å². The van der Waals surface area contributed by atoms with Gasteiger partial charge in [-0.1, -0.05) is 29.6 Å². The number of aliphatic hydroxyl groups is 1. The fourth-order valence-electron chi connectivity index (χ4n) is 4.01. The third-order valence-corrected chi connectivity index (χ3v) is 8.27. The minimum atomic E-state index is -3.74. The average molecular weight is 449 g/mol. The number of nitrogens with zero attached hydrogens (tertiary/aromatic N) is 1. The first kappa shape index (κ1) is 21.8. The van der Waals surface area contributed by atoms with Crippen LogP contribution in [-0.4, -0.2) is 49.5 Å². The SMILES string of the molecule is O=C(NC[C@@H]1CCC[C@H](O)C1)C1CCN(S(=O)(=O)c2cc(Cl)ccc2Cl)CC1. The zero-order valence-corrected chi connectivity index (χ0v) is 17.9. The molecule has 1 aromatic rings. The summed E-state index contributed by atoms with van der Waals surface area (Å²) in [7, 11) is -3.74. The molecule has 6 nitrogen and oxygen atoms in total. The summed E-state index contributed by atoms with van der Waals surface area (Å²) in [6, 6.07) is 4.38. The van der Waals surface area contributed by atoms with Crippen LogP contribution >= 0.6 is 23.2 Å². The minimum Gasteiger partial charge on any atom is -0.393 e. The van der Waals surface area contributed by atoms with E-state index in [1.165, 1.54) is 16.4 Å². The molecule has 0 aromatic heterocycles. The Labute approximate surface area is 176 Å². The van der Waals surface area contributed by atoms with Crippen molar-refractivity contribution in [3.63, 3.8) is 0 Å². The van der Waals surface area contributed by atoms with Gasteiger partial charge in [0.25, 0.3) is 0 Å². The molecule has 156 valence electrons. The highest BCUT2D eigenvalue weighted by Crippen LogP contribution is 2.30. The molecule has 1 aromatic carbocycles. The van der Waals surface area contributed by atoms with Crippen LogP contribution in [0.3, 0.4) is 0 Å². The molecule has 0 radical (unpaired) electrons. The van der Waals surface area contributed by atoms with Gasteiger partial charge in [0.2, 0.25) is 15.9 Å². The first-order valence-corrected chi connectivity index (χ1v) is 11.9. The van der Waals surface area contributed by atoms with Gasteiger partial charge in [-0.05, 0) is 56.2 Å². The largest absolute Gasteiger partial charge is 0.393 e. The van der Waals surface area contributed by atoms with Gasteiger partial charge in [0, 0.05) is 30.6 Å². The number of amides is 1. The second kappa shape index (κ2) is 9.30. The highest BCUT2D eigenvalue weighted by atomic mass is 35.5. The molecule has 2 atom stereocenters. The minimum absolute atomic E-state index is 0.000393. The van der Waals surface area contributed by atoms with Crippen LogP contribution in [0.2, 0.25) is 10.0 Å². The Morgan fingerprint density at radius 2 is 1.89 bits per heavy atom. The number of nitrogens with one attached hydrogen (secondary N) is 1. The Hall–Kier alpha value is -0.860. The standard InChI is InChI=1S/C19H26Cl2N2O4S/c20-15-4-5-17(21)18(11-15)28(26,27)23-8-6-14(7-9-23)19(25)22-12-13-2-1-3-16(24)10-13/h4-5,11,13-14,16,24H,1-3,6-10,12H2,(H,22,25)/t13-,16+/m1/s1. The fourth-order valence-corrected chi connectivity index (χ4v) is 6.22. The first-order valence-electron chi connectivity index (χ1n) is 9.68. The summed E-state index contributed by atoms with van der Waals surface area (Å²) in [5.41, 5.74) is 0. The third kappa shape index (κ3) is 5.19. The summed E-state index contributed by atoms with van der Waals surface area (Å²) in [5.74, 6) is 0.0887. The van der Waals surface area contributed by atoms with Gasteiger partial charge in [-0.15, -0.1) is 0 Å².